The number of aryl methyl sites for hydroxylation is 2. The highest BCUT2D eigenvalue weighted by Crippen LogP contribution is 2.12. The molecule has 0 saturated carbocycles. The number of hydrogen-bond acceptors (Lipinski definition) is 2. The van der Waals surface area contributed by atoms with Crippen molar-refractivity contribution in [3.63, 3.8) is 0 Å². The van der Waals surface area contributed by atoms with Gasteiger partial charge in [-0.1, -0.05) is 18.2 Å². The Balaban J connectivity index is 2.18. The average molecular weight is 256 g/mol. The molecule has 0 saturated heterocycles. The van der Waals surface area contributed by atoms with E-state index < -0.39 is 0 Å². The summed E-state index contributed by atoms with van der Waals surface area (Å²) in [5, 5.41) is 3.45. The van der Waals surface area contributed by atoms with E-state index in [0.29, 0.717) is 12.5 Å². The number of hydrogen-bond donors (Lipinski definition) is 1. The van der Waals surface area contributed by atoms with E-state index in [1.165, 1.54) is 16.7 Å². The summed E-state index contributed by atoms with van der Waals surface area (Å²) in [4.78, 5) is 0. The van der Waals surface area contributed by atoms with Gasteiger partial charge < -0.3 is 10.1 Å². The summed E-state index contributed by atoms with van der Waals surface area (Å²) in [7, 11) is 0. The molecule has 0 radical (unpaired) electrons. The number of rotatable bonds is 8. The van der Waals surface area contributed by atoms with Crippen molar-refractivity contribution in [1.82, 2.24) is 5.32 Å². The molecule has 0 atom stereocenters. The van der Waals surface area contributed by atoms with Crippen LogP contribution in [0.2, 0.25) is 0 Å². The molecule has 0 amide bonds. The van der Waals surface area contributed by atoms with Gasteiger partial charge in [-0.2, -0.15) is 0 Å². The molecule has 1 aromatic carbocycles. The third-order valence-corrected chi connectivity index (χ3v) is 2.96. The van der Waals surface area contributed by atoms with Crippen molar-refractivity contribution in [3.05, 3.63) is 34.9 Å². The first kappa shape index (κ1) is 14.5. The fourth-order valence-electron chi connectivity index (χ4n) is 1.80. The monoisotopic (exact) mass is 255 g/mol. The lowest BCUT2D eigenvalue weighted by atomic mass is 10.0. The van der Waals surface area contributed by atoms with Crippen LogP contribution >= 0.6 is 11.6 Å². The molecule has 0 fully saturated rings. The maximum absolute atomic E-state index is 5.52. The first-order chi connectivity index (χ1) is 8.25. The van der Waals surface area contributed by atoms with Gasteiger partial charge in [-0.15, -0.1) is 11.6 Å². The molecular weight excluding hydrogens is 234 g/mol. The van der Waals surface area contributed by atoms with Crippen molar-refractivity contribution < 1.29 is 4.74 Å². The lowest BCUT2D eigenvalue weighted by molar-refractivity contribution is 0.146. The molecule has 1 N–H and O–H groups in total. The van der Waals surface area contributed by atoms with Gasteiger partial charge in [-0.25, -0.2) is 0 Å². The SMILES string of the molecule is Cc1cccc(C)c1CNCCCOCCCl. The predicted octanol–water partition coefficient (Wildman–Crippen LogP) is 3.04. The van der Waals surface area contributed by atoms with Gasteiger partial charge in [0.2, 0.25) is 0 Å². The maximum atomic E-state index is 5.52. The molecule has 0 bridgehead atoms. The summed E-state index contributed by atoms with van der Waals surface area (Å²) in [6.07, 6.45) is 1.03. The van der Waals surface area contributed by atoms with Crippen LogP contribution in [0, 0.1) is 13.8 Å². The normalized spacial score (nSPS) is 10.8. The van der Waals surface area contributed by atoms with Crippen molar-refractivity contribution in [2.24, 2.45) is 0 Å². The topological polar surface area (TPSA) is 21.3 Å². The van der Waals surface area contributed by atoms with E-state index in [1.54, 1.807) is 0 Å². The second-order valence-corrected chi connectivity index (χ2v) is 4.58. The first-order valence-corrected chi connectivity index (χ1v) is 6.68. The summed E-state index contributed by atoms with van der Waals surface area (Å²) < 4.78 is 5.31. The quantitative estimate of drug-likeness (QED) is 0.570. The standard InChI is InChI=1S/C14H22ClNO/c1-12-5-3-6-13(2)14(12)11-16-8-4-9-17-10-7-15/h3,5-6,16H,4,7-11H2,1-2H3. The van der Waals surface area contributed by atoms with Gasteiger partial charge in [0.05, 0.1) is 6.61 Å². The number of halogens is 1. The van der Waals surface area contributed by atoms with Crippen LogP contribution in [-0.4, -0.2) is 25.6 Å². The maximum Gasteiger partial charge on any atom is 0.0601 e. The number of ether oxygens (including phenoxy) is 1. The molecule has 0 aliphatic heterocycles. The first-order valence-electron chi connectivity index (χ1n) is 6.15. The van der Waals surface area contributed by atoms with Crippen molar-refractivity contribution in [1.29, 1.82) is 0 Å². The van der Waals surface area contributed by atoms with Gasteiger partial charge in [0.15, 0.2) is 0 Å². The lowest BCUT2D eigenvalue weighted by Crippen LogP contribution is -2.18. The van der Waals surface area contributed by atoms with Crippen molar-refractivity contribution in [3.8, 4) is 0 Å². The molecule has 0 unspecified atom stereocenters. The average Bonchev–Trinajstić information content (AvgIpc) is 2.31. The zero-order valence-electron chi connectivity index (χ0n) is 10.8. The molecule has 0 aliphatic rings. The summed E-state index contributed by atoms with van der Waals surface area (Å²) in [5.74, 6) is 0.579. The van der Waals surface area contributed by atoms with Crippen LogP contribution in [0.4, 0.5) is 0 Å². The van der Waals surface area contributed by atoms with E-state index in [1.807, 2.05) is 0 Å². The second kappa shape index (κ2) is 8.51. The molecule has 2 nitrogen and oxygen atoms in total. The number of alkyl halides is 1. The van der Waals surface area contributed by atoms with Crippen molar-refractivity contribution in [2.45, 2.75) is 26.8 Å². The molecule has 17 heavy (non-hydrogen) atoms. The largest absolute Gasteiger partial charge is 0.380 e. The minimum Gasteiger partial charge on any atom is -0.380 e. The van der Waals surface area contributed by atoms with E-state index in [-0.39, 0.29) is 0 Å². The molecule has 0 spiro atoms. The van der Waals surface area contributed by atoms with Crippen LogP contribution in [0.15, 0.2) is 18.2 Å². The molecule has 0 aromatic heterocycles. The predicted molar refractivity (Wildman–Crippen MR) is 73.8 cm³/mol. The summed E-state index contributed by atoms with van der Waals surface area (Å²) in [6, 6.07) is 6.43. The Morgan fingerprint density at radius 3 is 2.53 bits per heavy atom. The molecule has 1 rings (SSSR count). The van der Waals surface area contributed by atoms with Crippen LogP contribution in [0.5, 0.6) is 0 Å². The second-order valence-electron chi connectivity index (χ2n) is 4.20. The van der Waals surface area contributed by atoms with Gasteiger partial charge in [0.25, 0.3) is 0 Å². The molecule has 0 heterocycles. The van der Waals surface area contributed by atoms with Crippen LogP contribution in [0.25, 0.3) is 0 Å². The molecule has 1 aromatic rings. The Kier molecular flexibility index (Phi) is 7.25. The minimum atomic E-state index is 0.579. The summed E-state index contributed by atoms with van der Waals surface area (Å²) in [6.45, 7) is 7.68. The van der Waals surface area contributed by atoms with Gasteiger partial charge in [-0.05, 0) is 43.5 Å². The highest BCUT2D eigenvalue weighted by Gasteiger charge is 2.00. The Bertz CT molecular complexity index is 308. The van der Waals surface area contributed by atoms with E-state index >= 15 is 0 Å². The van der Waals surface area contributed by atoms with Gasteiger partial charge in [0, 0.05) is 19.0 Å². The third-order valence-electron chi connectivity index (χ3n) is 2.81. The van der Waals surface area contributed by atoms with Crippen LogP contribution in [0.3, 0.4) is 0 Å². The van der Waals surface area contributed by atoms with Crippen LogP contribution in [-0.2, 0) is 11.3 Å². The highest BCUT2D eigenvalue weighted by molar-refractivity contribution is 6.17. The molecular formula is C14H22ClNO. The Morgan fingerprint density at radius 2 is 1.88 bits per heavy atom. The Morgan fingerprint density at radius 1 is 1.18 bits per heavy atom. The van der Waals surface area contributed by atoms with E-state index in [4.69, 9.17) is 16.3 Å². The Hall–Kier alpha value is -0.570. The van der Waals surface area contributed by atoms with Crippen molar-refractivity contribution in [2.75, 3.05) is 25.6 Å². The van der Waals surface area contributed by atoms with E-state index in [9.17, 15) is 0 Å². The smallest absolute Gasteiger partial charge is 0.0601 e. The zero-order chi connectivity index (χ0) is 12.5. The summed E-state index contributed by atoms with van der Waals surface area (Å²) >= 11 is 5.52. The van der Waals surface area contributed by atoms with Gasteiger partial charge in [0.1, 0.15) is 0 Å². The van der Waals surface area contributed by atoms with Crippen molar-refractivity contribution >= 4 is 11.6 Å². The fraction of sp³-hybridized carbons (Fsp3) is 0.571. The van der Waals surface area contributed by atoms with Gasteiger partial charge >= 0.3 is 0 Å². The molecule has 0 aliphatic carbocycles. The number of benzene rings is 1. The lowest BCUT2D eigenvalue weighted by Gasteiger charge is -2.10. The number of nitrogens with one attached hydrogen (secondary N) is 1. The minimum absolute atomic E-state index is 0.579. The summed E-state index contributed by atoms with van der Waals surface area (Å²) in [5.41, 5.74) is 4.13. The van der Waals surface area contributed by atoms with E-state index in [2.05, 4.69) is 37.4 Å². The molecule has 3 heteroatoms. The Labute approximate surface area is 109 Å². The third kappa shape index (κ3) is 5.53. The highest BCUT2D eigenvalue weighted by atomic mass is 35.5. The van der Waals surface area contributed by atoms with Crippen LogP contribution in [0.1, 0.15) is 23.1 Å². The van der Waals surface area contributed by atoms with Crippen LogP contribution < -0.4 is 5.32 Å². The van der Waals surface area contributed by atoms with Gasteiger partial charge in [-0.3, -0.25) is 0 Å². The molecule has 96 valence electrons. The van der Waals surface area contributed by atoms with E-state index in [0.717, 1.165) is 26.1 Å². The zero-order valence-corrected chi connectivity index (χ0v) is 11.5. The fourth-order valence-corrected chi connectivity index (χ4v) is 1.91.